The van der Waals surface area contributed by atoms with E-state index in [4.69, 9.17) is 39.6 Å². The van der Waals surface area contributed by atoms with Crippen LogP contribution in [-0.2, 0) is 17.9 Å². The van der Waals surface area contributed by atoms with Gasteiger partial charge >= 0.3 is 0 Å². The van der Waals surface area contributed by atoms with E-state index in [2.05, 4.69) is 39.2 Å². The average Bonchev–Trinajstić information content (AvgIpc) is 3.65. The van der Waals surface area contributed by atoms with E-state index in [1.807, 2.05) is 44.4 Å². The van der Waals surface area contributed by atoms with Crippen molar-refractivity contribution in [2.75, 3.05) is 21.3 Å². The Morgan fingerprint density at radius 2 is 1.30 bits per heavy atom. The van der Waals surface area contributed by atoms with E-state index in [1.54, 1.807) is 51.4 Å². The van der Waals surface area contributed by atoms with Crippen LogP contribution in [0.25, 0.3) is 41.6 Å². The van der Waals surface area contributed by atoms with Gasteiger partial charge in [-0.3, -0.25) is 9.97 Å². The van der Waals surface area contributed by atoms with Crippen LogP contribution in [-0.4, -0.2) is 119 Å². The van der Waals surface area contributed by atoms with Crippen molar-refractivity contribution in [3.63, 3.8) is 0 Å². The number of ether oxygens (including phenoxy) is 1. The number of thiophene rings is 1. The number of hydrogen-bond donors (Lipinski definition) is 9. The number of aryl methyl sites for hydroxylation is 3. The van der Waals surface area contributed by atoms with Gasteiger partial charge in [-0.15, -0.1) is 34.0 Å². The van der Waals surface area contributed by atoms with E-state index < -0.39 is 59.5 Å². The summed E-state index contributed by atoms with van der Waals surface area (Å²) in [5.74, 6) is 1.26. The molecule has 3 fully saturated rings. The topological polar surface area (TPSA) is 262 Å². The quantitative estimate of drug-likeness (QED) is 0.0436. The van der Waals surface area contributed by atoms with Gasteiger partial charge in [0.15, 0.2) is 0 Å². The third-order valence-corrected chi connectivity index (χ3v) is 17.3. The third kappa shape index (κ3) is 10.2. The highest BCUT2D eigenvalue weighted by Gasteiger charge is 2.50. The Labute approximate surface area is 423 Å². The fourth-order valence-electron chi connectivity index (χ4n) is 10.2. The number of nitrogens with one attached hydrogen (secondary N) is 4. The maximum atomic E-state index is 12.1. The molecule has 3 aliphatic carbocycles. The Hall–Kier alpha value is -5.10. The second kappa shape index (κ2) is 19.4. The minimum absolute atomic E-state index is 0.0145. The molecule has 18 nitrogen and oxygen atoms in total. The smallest absolute Gasteiger partial charge is 0.225 e. The van der Waals surface area contributed by atoms with E-state index in [0.29, 0.717) is 82.0 Å². The van der Waals surface area contributed by atoms with Crippen molar-refractivity contribution < 1.29 is 30.3 Å². The van der Waals surface area contributed by atoms with Gasteiger partial charge in [-0.2, -0.15) is 9.97 Å². The molecule has 71 heavy (non-hydrogen) atoms. The van der Waals surface area contributed by atoms with Crippen LogP contribution in [0.15, 0.2) is 42.0 Å². The number of pyridine rings is 2. The van der Waals surface area contributed by atoms with E-state index in [1.165, 1.54) is 22.7 Å². The predicted octanol–water partition coefficient (Wildman–Crippen LogP) is 7.23. The molecule has 1 unspecified atom stereocenters. The summed E-state index contributed by atoms with van der Waals surface area (Å²) in [6, 6.07) is 6.93. The molecule has 7 heterocycles. The SMILES string of the molecule is Cc1nc(NCc2cccs2)nc(NC2C[C@H](C(C)(C)O)[C@@H](O)[C@H]2OCc2nccc3sc(-c4c(C)nc(N[C@H](C)C5CC5)nc4N[C@@H]4C[C@H](C(C)(C)O)[C@@H](O)[C@H]4O)nc23)c1-c1nc2c(C)nccc2s1. The monoisotopic (exact) mass is 1020 g/mol. The van der Waals surface area contributed by atoms with E-state index in [0.717, 1.165) is 48.9 Å². The first-order valence-corrected chi connectivity index (χ1v) is 26.7. The van der Waals surface area contributed by atoms with Crippen molar-refractivity contribution in [3.8, 4) is 21.1 Å². The summed E-state index contributed by atoms with van der Waals surface area (Å²) < 4.78 is 8.58. The molecule has 21 heteroatoms. The van der Waals surface area contributed by atoms with Gasteiger partial charge in [-0.05, 0) is 111 Å². The molecular formula is C50H62N12O6S3. The number of fused-ring (bicyclic) bond motifs is 2. The summed E-state index contributed by atoms with van der Waals surface area (Å²) in [5, 5.41) is 74.0. The van der Waals surface area contributed by atoms with Crippen LogP contribution in [0.2, 0.25) is 0 Å². The molecule has 9 atom stereocenters. The summed E-state index contributed by atoms with van der Waals surface area (Å²) in [5.41, 5.74) is 3.04. The van der Waals surface area contributed by atoms with Gasteiger partial charge in [-0.1, -0.05) is 6.07 Å². The van der Waals surface area contributed by atoms with Crippen LogP contribution in [0.4, 0.5) is 23.5 Å². The largest absolute Gasteiger partial charge is 0.390 e. The second-order valence-electron chi connectivity index (χ2n) is 20.5. The Morgan fingerprint density at radius 1 is 0.704 bits per heavy atom. The fourth-order valence-corrected chi connectivity index (χ4v) is 13.0. The number of aromatic nitrogens is 8. The van der Waals surface area contributed by atoms with Gasteiger partial charge in [0.1, 0.15) is 44.9 Å². The third-order valence-electron chi connectivity index (χ3n) is 14.4. The van der Waals surface area contributed by atoms with Crippen LogP contribution in [0.1, 0.15) is 88.0 Å². The van der Waals surface area contributed by atoms with Crippen molar-refractivity contribution in [2.24, 2.45) is 17.8 Å². The van der Waals surface area contributed by atoms with Crippen LogP contribution in [0.3, 0.4) is 0 Å². The maximum Gasteiger partial charge on any atom is 0.225 e. The molecule has 9 N–H and O–H groups in total. The molecule has 0 aromatic carbocycles. The Kier molecular flexibility index (Phi) is 13.5. The average molecular weight is 1020 g/mol. The Morgan fingerprint density at radius 3 is 1.92 bits per heavy atom. The molecule has 3 aliphatic rings. The highest BCUT2D eigenvalue weighted by atomic mass is 32.1. The molecule has 0 spiro atoms. The Balaban J connectivity index is 0.968. The zero-order chi connectivity index (χ0) is 50.1. The first-order valence-electron chi connectivity index (χ1n) is 24.2. The van der Waals surface area contributed by atoms with Crippen molar-refractivity contribution in [1.29, 1.82) is 0 Å². The van der Waals surface area contributed by atoms with Crippen LogP contribution in [0, 0.1) is 38.5 Å². The number of nitrogens with zero attached hydrogens (tertiary/aromatic N) is 8. The number of thiazole rings is 2. The van der Waals surface area contributed by atoms with Crippen molar-refractivity contribution in [3.05, 3.63) is 69.7 Å². The predicted molar refractivity (Wildman–Crippen MR) is 279 cm³/mol. The van der Waals surface area contributed by atoms with E-state index >= 15 is 0 Å². The van der Waals surface area contributed by atoms with Crippen molar-refractivity contribution >= 4 is 78.0 Å². The van der Waals surface area contributed by atoms with Gasteiger partial charge in [0.2, 0.25) is 11.9 Å². The zero-order valence-electron chi connectivity index (χ0n) is 41.0. The summed E-state index contributed by atoms with van der Waals surface area (Å²) in [6.45, 7) is 15.1. The highest BCUT2D eigenvalue weighted by molar-refractivity contribution is 7.22. The number of aliphatic hydroxyl groups excluding tert-OH is 3. The summed E-state index contributed by atoms with van der Waals surface area (Å²) in [6.07, 6.45) is 2.26. The zero-order valence-corrected chi connectivity index (χ0v) is 43.5. The second-order valence-corrected chi connectivity index (χ2v) is 23.6. The maximum absolute atomic E-state index is 12.1. The molecule has 0 radical (unpaired) electrons. The molecule has 0 saturated heterocycles. The molecule has 10 rings (SSSR count). The number of anilines is 4. The standard InChI is InChI=1S/C50H62N12O6S3/c1-22(26-11-12-26)54-48-56-24(3)36(43(62-48)57-30-18-28(49(5,6)66)39(63)41(30)65)46-60-38-32(52-16-14-34(38)71-46)21-68-42-31(19-29(40(42)64)50(7,8)67)58-44-35(45-59-37-25(4)51-15-13-33(37)70-45)23(2)55-47(61-44)53-20-27-10-9-17-69-27/h9-10,13-17,22,26,28-31,39-42,63-67H,11-12,18-21H2,1-8H3,(H2,53,55,58,61)(H2,54,56,57,62)/t22-,28+,29+,30-,31?,39-,40-,41+,42+/m1/s1. The minimum atomic E-state index is -1.25. The van der Waals surface area contributed by atoms with Crippen LogP contribution in [0.5, 0.6) is 0 Å². The lowest BCUT2D eigenvalue weighted by atomic mass is 9.88. The number of aliphatic hydroxyl groups is 5. The summed E-state index contributed by atoms with van der Waals surface area (Å²) in [4.78, 5) is 40.3. The molecule has 7 aromatic heterocycles. The van der Waals surface area contributed by atoms with Gasteiger partial charge in [0.05, 0.1) is 91.9 Å². The summed E-state index contributed by atoms with van der Waals surface area (Å²) in [7, 11) is 0. The molecule has 376 valence electrons. The van der Waals surface area contributed by atoms with Gasteiger partial charge in [0, 0.05) is 35.1 Å². The Bertz CT molecular complexity index is 3040. The lowest BCUT2D eigenvalue weighted by Crippen LogP contribution is -2.41. The van der Waals surface area contributed by atoms with Gasteiger partial charge in [-0.25, -0.2) is 19.9 Å². The van der Waals surface area contributed by atoms with Gasteiger partial charge in [0.25, 0.3) is 0 Å². The highest BCUT2D eigenvalue weighted by Crippen LogP contribution is 2.44. The van der Waals surface area contributed by atoms with Gasteiger partial charge < -0.3 is 51.5 Å². The molecule has 3 saturated carbocycles. The van der Waals surface area contributed by atoms with Crippen molar-refractivity contribution in [1.82, 2.24) is 39.9 Å². The van der Waals surface area contributed by atoms with Crippen molar-refractivity contribution in [2.45, 2.75) is 148 Å². The first kappa shape index (κ1) is 49.5. The normalized spacial score (nSPS) is 24.2. The summed E-state index contributed by atoms with van der Waals surface area (Å²) >= 11 is 4.61. The molecule has 0 bridgehead atoms. The lowest BCUT2D eigenvalue weighted by Gasteiger charge is -2.29. The molecular weight excluding hydrogens is 961 g/mol. The van der Waals surface area contributed by atoms with Crippen LogP contribution >= 0.6 is 34.0 Å². The van der Waals surface area contributed by atoms with E-state index in [-0.39, 0.29) is 12.6 Å². The minimum Gasteiger partial charge on any atom is -0.390 e. The molecule has 0 aliphatic heterocycles. The molecule has 0 amide bonds. The molecule has 7 aromatic rings. The van der Waals surface area contributed by atoms with E-state index in [9.17, 15) is 25.5 Å². The lowest BCUT2D eigenvalue weighted by molar-refractivity contribution is -0.0843. The number of rotatable bonds is 17. The van der Waals surface area contributed by atoms with Crippen LogP contribution < -0.4 is 21.3 Å². The number of hydrogen-bond acceptors (Lipinski definition) is 21. The first-order chi connectivity index (χ1) is 33.8. The fraction of sp³-hybridized carbons (Fsp3) is 0.520.